The molecule has 0 unspecified atom stereocenters. The second-order valence-corrected chi connectivity index (χ2v) is 7.70. The van der Waals surface area contributed by atoms with Gasteiger partial charge in [-0.05, 0) is 59.8 Å². The number of sulfonamides is 1. The van der Waals surface area contributed by atoms with E-state index in [1.54, 1.807) is 23.4 Å². The van der Waals surface area contributed by atoms with Crippen LogP contribution < -0.4 is 5.73 Å². The largest absolute Gasteiger partial charge is 0.398 e. The lowest BCUT2D eigenvalue weighted by atomic mass is 10.2. The summed E-state index contributed by atoms with van der Waals surface area (Å²) in [5, 5.41) is 0. The van der Waals surface area contributed by atoms with Gasteiger partial charge in [0.05, 0.1) is 4.90 Å². The number of anilines is 1. The molecule has 1 saturated carbocycles. The zero-order valence-electron chi connectivity index (χ0n) is 11.2. The van der Waals surface area contributed by atoms with Crippen LogP contribution in [0.5, 0.6) is 0 Å². The molecule has 0 aromatic heterocycles. The molecule has 0 amide bonds. The van der Waals surface area contributed by atoms with Gasteiger partial charge < -0.3 is 5.73 Å². The van der Waals surface area contributed by atoms with Gasteiger partial charge in [-0.15, -0.1) is 0 Å². The van der Waals surface area contributed by atoms with Gasteiger partial charge in [-0.3, -0.25) is 0 Å². The molecule has 106 valence electrons. The number of benzene rings is 1. The number of rotatable bonds is 5. The lowest BCUT2D eigenvalue weighted by Crippen LogP contribution is -2.34. The summed E-state index contributed by atoms with van der Waals surface area (Å²) in [7, 11) is -3.44. The number of hydrogen-bond donors (Lipinski definition) is 1. The maximum Gasteiger partial charge on any atom is 0.243 e. The third-order valence-electron chi connectivity index (χ3n) is 3.28. The maximum absolute atomic E-state index is 12.7. The molecule has 0 saturated heterocycles. The van der Waals surface area contributed by atoms with Gasteiger partial charge >= 0.3 is 0 Å². The molecule has 0 spiro atoms. The molecular weight excluding hydrogens is 328 g/mol. The molecule has 0 aliphatic heterocycles. The van der Waals surface area contributed by atoms with E-state index in [1.807, 2.05) is 6.92 Å². The molecule has 0 heterocycles. The van der Waals surface area contributed by atoms with Crippen molar-refractivity contribution in [2.45, 2.75) is 44.0 Å². The van der Waals surface area contributed by atoms with Gasteiger partial charge in [-0.1, -0.05) is 6.92 Å². The first-order valence-electron chi connectivity index (χ1n) is 6.45. The van der Waals surface area contributed by atoms with Crippen molar-refractivity contribution >= 4 is 31.6 Å². The monoisotopic (exact) mass is 346 g/mol. The maximum atomic E-state index is 12.7. The summed E-state index contributed by atoms with van der Waals surface area (Å²) in [6, 6.07) is 3.49. The van der Waals surface area contributed by atoms with Crippen LogP contribution in [0, 0.1) is 6.92 Å². The fourth-order valence-electron chi connectivity index (χ4n) is 2.15. The Bertz CT molecular complexity index is 583. The number of aryl methyl sites for hydroxylation is 1. The highest BCUT2D eigenvalue weighted by molar-refractivity contribution is 9.10. The summed E-state index contributed by atoms with van der Waals surface area (Å²) in [5.41, 5.74) is 7.00. The van der Waals surface area contributed by atoms with E-state index in [1.165, 1.54) is 0 Å². The van der Waals surface area contributed by atoms with Gasteiger partial charge in [0.15, 0.2) is 0 Å². The Hall–Kier alpha value is -0.590. The molecule has 0 atom stereocenters. The molecular formula is C13H19BrN2O2S. The normalized spacial score (nSPS) is 16.0. The highest BCUT2D eigenvalue weighted by atomic mass is 79.9. The van der Waals surface area contributed by atoms with Crippen molar-refractivity contribution in [3.8, 4) is 0 Å². The average molecular weight is 347 g/mol. The number of halogens is 1. The zero-order chi connectivity index (χ0) is 14.2. The van der Waals surface area contributed by atoms with Crippen LogP contribution in [0.3, 0.4) is 0 Å². The summed E-state index contributed by atoms with van der Waals surface area (Å²) < 4.78 is 27.8. The zero-order valence-corrected chi connectivity index (χ0v) is 13.6. The Labute approximate surface area is 123 Å². The van der Waals surface area contributed by atoms with Crippen LogP contribution in [0.15, 0.2) is 21.5 Å². The summed E-state index contributed by atoms with van der Waals surface area (Å²) in [4.78, 5) is 0.327. The summed E-state index contributed by atoms with van der Waals surface area (Å²) in [6.45, 7) is 4.37. The lowest BCUT2D eigenvalue weighted by molar-refractivity contribution is 0.403. The molecule has 2 N–H and O–H groups in total. The van der Waals surface area contributed by atoms with Crippen LogP contribution in [-0.2, 0) is 10.0 Å². The van der Waals surface area contributed by atoms with Crippen molar-refractivity contribution in [1.29, 1.82) is 0 Å². The summed E-state index contributed by atoms with van der Waals surface area (Å²) in [6.07, 6.45) is 2.75. The predicted molar refractivity (Wildman–Crippen MR) is 80.5 cm³/mol. The van der Waals surface area contributed by atoms with Gasteiger partial charge in [0.25, 0.3) is 0 Å². The standard InChI is InChI=1S/C13H19BrN2O2S/c1-3-6-16(10-4-5-10)19(17,18)13-8-12(15)11(14)7-9(13)2/h7-8,10H,3-6,15H2,1-2H3. The Morgan fingerprint density at radius 1 is 1.42 bits per heavy atom. The SMILES string of the molecule is CCCN(C1CC1)S(=O)(=O)c1cc(N)c(Br)cc1C. The third-order valence-corrected chi connectivity index (χ3v) is 6.06. The average Bonchev–Trinajstić information content (AvgIpc) is 3.14. The smallest absolute Gasteiger partial charge is 0.243 e. The quantitative estimate of drug-likeness (QED) is 0.833. The summed E-state index contributed by atoms with van der Waals surface area (Å²) in [5.74, 6) is 0. The molecule has 1 aliphatic carbocycles. The molecule has 1 aromatic rings. The van der Waals surface area contributed by atoms with Gasteiger partial charge in [-0.25, -0.2) is 8.42 Å². The molecule has 6 heteroatoms. The summed E-state index contributed by atoms with van der Waals surface area (Å²) >= 11 is 3.32. The second-order valence-electron chi connectivity index (χ2n) is 4.99. The second kappa shape index (κ2) is 5.42. The molecule has 1 fully saturated rings. The highest BCUT2D eigenvalue weighted by Crippen LogP contribution is 2.35. The highest BCUT2D eigenvalue weighted by Gasteiger charge is 2.38. The van der Waals surface area contributed by atoms with E-state index in [4.69, 9.17) is 5.73 Å². The van der Waals surface area contributed by atoms with Crippen LogP contribution in [0.1, 0.15) is 31.7 Å². The first-order chi connectivity index (χ1) is 8.87. The van der Waals surface area contributed by atoms with E-state index >= 15 is 0 Å². The van der Waals surface area contributed by atoms with Crippen LogP contribution in [-0.4, -0.2) is 25.3 Å². The van der Waals surface area contributed by atoms with Crippen LogP contribution in [0.25, 0.3) is 0 Å². The van der Waals surface area contributed by atoms with Crippen molar-refractivity contribution in [2.75, 3.05) is 12.3 Å². The minimum atomic E-state index is -3.44. The predicted octanol–water partition coefficient (Wildman–Crippen LogP) is 2.90. The topological polar surface area (TPSA) is 63.4 Å². The van der Waals surface area contributed by atoms with E-state index in [2.05, 4.69) is 15.9 Å². The number of nitrogens with zero attached hydrogens (tertiary/aromatic N) is 1. The lowest BCUT2D eigenvalue weighted by Gasteiger charge is -2.22. The number of nitrogen functional groups attached to an aromatic ring is 1. The third kappa shape index (κ3) is 2.95. The minimum Gasteiger partial charge on any atom is -0.398 e. The van der Waals surface area contributed by atoms with Crippen molar-refractivity contribution in [2.24, 2.45) is 0 Å². The first-order valence-corrected chi connectivity index (χ1v) is 8.68. The van der Waals surface area contributed by atoms with E-state index in [0.717, 1.165) is 29.3 Å². The van der Waals surface area contributed by atoms with Crippen molar-refractivity contribution in [3.63, 3.8) is 0 Å². The van der Waals surface area contributed by atoms with Crippen molar-refractivity contribution < 1.29 is 8.42 Å². The Morgan fingerprint density at radius 3 is 2.58 bits per heavy atom. The Morgan fingerprint density at radius 2 is 2.05 bits per heavy atom. The molecule has 0 radical (unpaired) electrons. The minimum absolute atomic E-state index is 0.175. The van der Waals surface area contributed by atoms with Crippen LogP contribution in [0.2, 0.25) is 0 Å². The van der Waals surface area contributed by atoms with E-state index in [0.29, 0.717) is 17.1 Å². The first kappa shape index (κ1) is 14.8. The molecule has 1 aliphatic rings. The molecule has 4 nitrogen and oxygen atoms in total. The van der Waals surface area contributed by atoms with Gasteiger partial charge in [0.1, 0.15) is 0 Å². The Kier molecular flexibility index (Phi) is 4.23. The van der Waals surface area contributed by atoms with E-state index in [9.17, 15) is 8.42 Å². The van der Waals surface area contributed by atoms with Gasteiger partial charge in [0.2, 0.25) is 10.0 Å². The fraction of sp³-hybridized carbons (Fsp3) is 0.538. The molecule has 19 heavy (non-hydrogen) atoms. The molecule has 1 aromatic carbocycles. The van der Waals surface area contributed by atoms with Crippen LogP contribution in [0.4, 0.5) is 5.69 Å². The molecule has 2 rings (SSSR count). The molecule has 0 bridgehead atoms. The van der Waals surface area contributed by atoms with Gasteiger partial charge in [0, 0.05) is 22.7 Å². The Balaban J connectivity index is 2.46. The number of nitrogens with two attached hydrogens (primary N) is 1. The fourth-order valence-corrected chi connectivity index (χ4v) is 4.63. The van der Waals surface area contributed by atoms with Crippen molar-refractivity contribution in [1.82, 2.24) is 4.31 Å². The van der Waals surface area contributed by atoms with E-state index in [-0.39, 0.29) is 6.04 Å². The number of hydrogen-bond acceptors (Lipinski definition) is 3. The van der Waals surface area contributed by atoms with Gasteiger partial charge in [-0.2, -0.15) is 4.31 Å². The van der Waals surface area contributed by atoms with Crippen LogP contribution >= 0.6 is 15.9 Å². The van der Waals surface area contributed by atoms with Crippen molar-refractivity contribution in [3.05, 3.63) is 22.2 Å². The van der Waals surface area contributed by atoms with E-state index < -0.39 is 10.0 Å².